The summed E-state index contributed by atoms with van der Waals surface area (Å²) in [6, 6.07) is 26.5. The van der Waals surface area contributed by atoms with Gasteiger partial charge in [0.25, 0.3) is 0 Å². The van der Waals surface area contributed by atoms with Crippen molar-refractivity contribution in [2.75, 3.05) is 16.1 Å². The molecule has 11 nitrogen and oxygen atoms in total. The summed E-state index contributed by atoms with van der Waals surface area (Å²) in [5, 5.41) is 29.4. The Kier molecular flexibility index (Phi) is 6.89. The van der Waals surface area contributed by atoms with Crippen molar-refractivity contribution in [3.8, 4) is 17.1 Å². The molecule has 0 saturated heterocycles. The van der Waals surface area contributed by atoms with Crippen LogP contribution in [-0.2, 0) is 0 Å². The van der Waals surface area contributed by atoms with Crippen LogP contribution < -0.4 is 16.1 Å². The van der Waals surface area contributed by atoms with Crippen LogP contribution in [0.2, 0.25) is 0 Å². The van der Waals surface area contributed by atoms with E-state index < -0.39 is 5.97 Å². The molecule has 5 rings (SSSR count). The molecule has 0 aliphatic rings. The molecule has 0 aliphatic carbocycles. The number of rotatable bonds is 9. The van der Waals surface area contributed by atoms with Crippen molar-refractivity contribution in [1.82, 2.24) is 15.0 Å². The van der Waals surface area contributed by atoms with Gasteiger partial charge < -0.3 is 25.3 Å². The Morgan fingerprint density at radius 1 is 0.789 bits per heavy atom. The van der Waals surface area contributed by atoms with Crippen LogP contribution in [0, 0.1) is 0 Å². The average molecular weight is 508 g/mol. The molecule has 2 aromatic heterocycles. The fourth-order valence-corrected chi connectivity index (χ4v) is 3.43. The van der Waals surface area contributed by atoms with Crippen LogP contribution in [-0.4, -0.2) is 37.3 Å². The Morgan fingerprint density at radius 2 is 1.39 bits per heavy atom. The second-order valence-corrected chi connectivity index (χ2v) is 7.90. The minimum absolute atomic E-state index is 0.185. The van der Waals surface area contributed by atoms with Crippen LogP contribution in [0.25, 0.3) is 11.3 Å². The zero-order chi connectivity index (χ0) is 26.3. The minimum Gasteiger partial charge on any atom is -0.507 e. The van der Waals surface area contributed by atoms with Crippen LogP contribution >= 0.6 is 0 Å². The van der Waals surface area contributed by atoms with Crippen molar-refractivity contribution in [3.05, 3.63) is 102 Å². The number of benzene rings is 3. The molecule has 3 aromatic carbocycles. The van der Waals surface area contributed by atoms with E-state index in [1.807, 2.05) is 60.7 Å². The molecule has 5 aromatic rings. The standard InChI is InChI=1S/C27H21N7O4/c35-22-13-11-17(15-21(22)24(36)37)23-14-12-20(38-23)16-28-34-27-32-25(29-18-7-3-1-4-8-18)31-26(33-27)30-19-9-5-2-6-10-19/h1-16,35H,(H,36,37)(H3,29,30,31,32,33,34)/b28-16-. The van der Waals surface area contributed by atoms with E-state index in [0.717, 1.165) is 11.4 Å². The van der Waals surface area contributed by atoms with Crippen LogP contribution in [0.15, 0.2) is 101 Å². The van der Waals surface area contributed by atoms with Gasteiger partial charge in [-0.05, 0) is 54.6 Å². The molecule has 0 aliphatic heterocycles. The van der Waals surface area contributed by atoms with E-state index in [-0.39, 0.29) is 17.3 Å². The number of carboxylic acid groups (broad SMARTS) is 1. The maximum Gasteiger partial charge on any atom is 0.339 e. The third kappa shape index (κ3) is 5.91. The molecule has 0 radical (unpaired) electrons. The van der Waals surface area contributed by atoms with Gasteiger partial charge >= 0.3 is 5.97 Å². The molecule has 11 heteroatoms. The molecular weight excluding hydrogens is 486 g/mol. The highest BCUT2D eigenvalue weighted by Crippen LogP contribution is 2.27. The van der Waals surface area contributed by atoms with Crippen LogP contribution in [0.3, 0.4) is 0 Å². The summed E-state index contributed by atoms with van der Waals surface area (Å²) in [5.41, 5.74) is 4.68. The lowest BCUT2D eigenvalue weighted by molar-refractivity contribution is 0.0694. The number of phenols is 1. The molecule has 0 saturated carbocycles. The highest BCUT2D eigenvalue weighted by Gasteiger charge is 2.13. The highest BCUT2D eigenvalue weighted by atomic mass is 16.4. The van der Waals surface area contributed by atoms with Crippen LogP contribution in [0.1, 0.15) is 16.1 Å². The number of aromatic carboxylic acids is 1. The van der Waals surface area contributed by atoms with E-state index in [2.05, 4.69) is 36.1 Å². The quantitative estimate of drug-likeness (QED) is 0.128. The predicted octanol–water partition coefficient (Wildman–Crippen LogP) is 5.47. The third-order valence-electron chi connectivity index (χ3n) is 5.19. The van der Waals surface area contributed by atoms with Crippen molar-refractivity contribution in [2.45, 2.75) is 0 Å². The normalized spacial score (nSPS) is 10.8. The molecule has 0 spiro atoms. The lowest BCUT2D eigenvalue weighted by atomic mass is 10.1. The van der Waals surface area contributed by atoms with Gasteiger partial charge in [0, 0.05) is 16.9 Å². The minimum atomic E-state index is -1.23. The van der Waals surface area contributed by atoms with Gasteiger partial charge in [0.2, 0.25) is 17.8 Å². The number of nitrogens with zero attached hydrogens (tertiary/aromatic N) is 4. The maximum atomic E-state index is 11.3. The fraction of sp³-hybridized carbons (Fsp3) is 0. The molecule has 0 bridgehead atoms. The predicted molar refractivity (Wildman–Crippen MR) is 143 cm³/mol. The Morgan fingerprint density at radius 3 is 2.00 bits per heavy atom. The summed E-state index contributed by atoms with van der Waals surface area (Å²) >= 11 is 0. The SMILES string of the molecule is O=C(O)c1cc(-c2ccc(/C=N\Nc3nc(Nc4ccccc4)nc(Nc4ccccc4)n3)o2)ccc1O. The maximum absolute atomic E-state index is 11.3. The van der Waals surface area contributed by atoms with Crippen molar-refractivity contribution >= 4 is 41.4 Å². The first-order chi connectivity index (χ1) is 18.5. The van der Waals surface area contributed by atoms with Gasteiger partial charge in [-0.2, -0.15) is 20.1 Å². The lowest BCUT2D eigenvalue weighted by Crippen LogP contribution is -2.07. The van der Waals surface area contributed by atoms with E-state index in [4.69, 9.17) is 4.42 Å². The number of aromatic hydroxyl groups is 1. The molecule has 2 heterocycles. The van der Waals surface area contributed by atoms with Gasteiger partial charge in [-0.25, -0.2) is 10.2 Å². The van der Waals surface area contributed by atoms with E-state index in [1.165, 1.54) is 18.3 Å². The zero-order valence-electron chi connectivity index (χ0n) is 19.7. The molecule has 5 N–H and O–H groups in total. The Labute approximate surface area is 216 Å². The summed E-state index contributed by atoms with van der Waals surface area (Å²) in [6.07, 6.45) is 1.43. The number of aromatic nitrogens is 3. The molecule has 0 amide bonds. The first-order valence-electron chi connectivity index (χ1n) is 11.4. The zero-order valence-corrected chi connectivity index (χ0v) is 19.7. The van der Waals surface area contributed by atoms with Gasteiger partial charge in [-0.1, -0.05) is 36.4 Å². The van der Waals surface area contributed by atoms with Gasteiger partial charge in [0.15, 0.2) is 0 Å². The first-order valence-corrected chi connectivity index (χ1v) is 11.4. The topological polar surface area (TPSA) is 158 Å². The number of carbonyl (C=O) groups is 1. The molecular formula is C27H21N7O4. The number of furan rings is 1. The number of hydrazone groups is 1. The lowest BCUT2D eigenvalue weighted by Gasteiger charge is -2.10. The van der Waals surface area contributed by atoms with Gasteiger partial charge in [-0.15, -0.1) is 0 Å². The Hall–Kier alpha value is -5.71. The Bertz CT molecular complexity index is 1530. The second kappa shape index (κ2) is 10.9. The number of carboxylic acids is 1. The summed E-state index contributed by atoms with van der Waals surface area (Å²) in [4.78, 5) is 24.5. The summed E-state index contributed by atoms with van der Waals surface area (Å²) in [6.45, 7) is 0. The summed E-state index contributed by atoms with van der Waals surface area (Å²) in [5.74, 6) is 0.0624. The number of nitrogens with one attached hydrogen (secondary N) is 3. The number of anilines is 5. The van der Waals surface area contributed by atoms with E-state index >= 15 is 0 Å². The molecule has 0 unspecified atom stereocenters. The number of hydrogen-bond donors (Lipinski definition) is 5. The molecule has 0 fully saturated rings. The smallest absolute Gasteiger partial charge is 0.339 e. The van der Waals surface area contributed by atoms with E-state index in [1.54, 1.807) is 18.2 Å². The van der Waals surface area contributed by atoms with Crippen molar-refractivity contribution < 1.29 is 19.4 Å². The number of hydrogen-bond acceptors (Lipinski definition) is 10. The van der Waals surface area contributed by atoms with Gasteiger partial charge in [0.1, 0.15) is 22.8 Å². The third-order valence-corrected chi connectivity index (χ3v) is 5.19. The van der Waals surface area contributed by atoms with Crippen LogP contribution in [0.5, 0.6) is 5.75 Å². The van der Waals surface area contributed by atoms with Crippen molar-refractivity contribution in [1.29, 1.82) is 0 Å². The highest BCUT2D eigenvalue weighted by molar-refractivity contribution is 5.92. The monoisotopic (exact) mass is 507 g/mol. The van der Waals surface area contributed by atoms with Crippen LogP contribution in [0.4, 0.5) is 29.2 Å². The first kappa shape index (κ1) is 24.0. The van der Waals surface area contributed by atoms with Crippen molar-refractivity contribution in [3.63, 3.8) is 0 Å². The molecule has 0 atom stereocenters. The van der Waals surface area contributed by atoms with E-state index in [0.29, 0.717) is 29.0 Å². The molecule has 188 valence electrons. The summed E-state index contributed by atoms with van der Waals surface area (Å²) < 4.78 is 5.75. The Balaban J connectivity index is 1.34. The van der Waals surface area contributed by atoms with Gasteiger partial charge in [0.05, 0.1) is 6.21 Å². The second-order valence-electron chi connectivity index (χ2n) is 7.90. The van der Waals surface area contributed by atoms with Gasteiger partial charge in [-0.3, -0.25) is 0 Å². The fourth-order valence-electron chi connectivity index (χ4n) is 3.43. The number of para-hydroxylation sites is 2. The largest absolute Gasteiger partial charge is 0.507 e. The van der Waals surface area contributed by atoms with E-state index in [9.17, 15) is 15.0 Å². The molecule has 38 heavy (non-hydrogen) atoms. The average Bonchev–Trinajstić information content (AvgIpc) is 3.39. The summed E-state index contributed by atoms with van der Waals surface area (Å²) in [7, 11) is 0. The van der Waals surface area contributed by atoms with Crippen molar-refractivity contribution in [2.24, 2.45) is 5.10 Å².